The number of rotatable bonds is 7. The van der Waals surface area contributed by atoms with Crippen molar-refractivity contribution >= 4 is 11.9 Å². The minimum absolute atomic E-state index is 0.190. The fourth-order valence-electron chi connectivity index (χ4n) is 2.17. The number of carbonyl (C=O) groups excluding carboxylic acids is 2. The van der Waals surface area contributed by atoms with E-state index in [0.29, 0.717) is 35.7 Å². The molecule has 118 valence electrons. The van der Waals surface area contributed by atoms with Crippen LogP contribution in [0.2, 0.25) is 0 Å². The summed E-state index contributed by atoms with van der Waals surface area (Å²) in [6.45, 7) is 7.11. The van der Waals surface area contributed by atoms with Crippen LogP contribution in [0.4, 0.5) is 0 Å². The highest BCUT2D eigenvalue weighted by Crippen LogP contribution is 2.18. The number of amides is 1. The van der Waals surface area contributed by atoms with E-state index >= 15 is 0 Å². The molecular formula is C15H25N3O3. The zero-order valence-electron chi connectivity index (χ0n) is 13.5. The number of hydrogen-bond donors (Lipinski definition) is 2. The topological polar surface area (TPSA) is 74.4 Å². The van der Waals surface area contributed by atoms with Crippen molar-refractivity contribution in [2.45, 2.75) is 27.2 Å². The summed E-state index contributed by atoms with van der Waals surface area (Å²) < 4.78 is 5.01. The zero-order chi connectivity index (χ0) is 16.0. The molecule has 1 aromatic heterocycles. The van der Waals surface area contributed by atoms with E-state index in [1.54, 1.807) is 20.8 Å². The minimum atomic E-state index is -0.393. The summed E-state index contributed by atoms with van der Waals surface area (Å²) in [5.41, 5.74) is 2.18. The number of aromatic amines is 1. The lowest BCUT2D eigenvalue weighted by Crippen LogP contribution is -2.28. The number of ether oxygens (including phenoxy) is 1. The van der Waals surface area contributed by atoms with Crippen molar-refractivity contribution in [2.24, 2.45) is 0 Å². The second-order valence-corrected chi connectivity index (χ2v) is 5.26. The van der Waals surface area contributed by atoms with Crippen molar-refractivity contribution in [1.82, 2.24) is 15.2 Å². The van der Waals surface area contributed by atoms with Crippen LogP contribution in [-0.4, -0.2) is 55.6 Å². The molecule has 0 unspecified atom stereocenters. The van der Waals surface area contributed by atoms with E-state index in [1.165, 1.54) is 0 Å². The molecule has 1 amide bonds. The van der Waals surface area contributed by atoms with Crippen LogP contribution >= 0.6 is 0 Å². The van der Waals surface area contributed by atoms with Crippen LogP contribution in [0.1, 0.15) is 45.4 Å². The van der Waals surface area contributed by atoms with E-state index in [1.807, 2.05) is 14.1 Å². The monoisotopic (exact) mass is 295 g/mol. The van der Waals surface area contributed by atoms with E-state index < -0.39 is 5.97 Å². The Morgan fingerprint density at radius 2 is 1.95 bits per heavy atom. The molecule has 21 heavy (non-hydrogen) atoms. The van der Waals surface area contributed by atoms with Crippen molar-refractivity contribution in [3.05, 3.63) is 22.5 Å². The molecule has 0 spiro atoms. The molecule has 0 aromatic carbocycles. The zero-order valence-corrected chi connectivity index (χ0v) is 13.5. The molecule has 0 aliphatic heterocycles. The highest BCUT2D eigenvalue weighted by Gasteiger charge is 2.22. The second-order valence-electron chi connectivity index (χ2n) is 5.26. The number of carbonyl (C=O) groups is 2. The summed E-state index contributed by atoms with van der Waals surface area (Å²) in [7, 11) is 3.98. The number of hydrogen-bond acceptors (Lipinski definition) is 4. The van der Waals surface area contributed by atoms with Crippen LogP contribution in [0.25, 0.3) is 0 Å². The maximum atomic E-state index is 12.1. The van der Waals surface area contributed by atoms with Gasteiger partial charge in [0, 0.05) is 12.2 Å². The van der Waals surface area contributed by atoms with Gasteiger partial charge in [-0.15, -0.1) is 0 Å². The van der Waals surface area contributed by atoms with Crippen LogP contribution in [-0.2, 0) is 4.74 Å². The molecule has 0 fully saturated rings. The third-order valence-electron chi connectivity index (χ3n) is 3.21. The van der Waals surface area contributed by atoms with Crippen molar-refractivity contribution in [1.29, 1.82) is 0 Å². The molecule has 1 heterocycles. The van der Waals surface area contributed by atoms with Gasteiger partial charge in [-0.05, 0) is 53.4 Å². The second kappa shape index (κ2) is 7.83. The standard InChI is InChI=1S/C15H25N3O3/c1-6-21-15(20)12-10(2)13(17-11(12)3)14(19)16-8-7-9-18(4)5/h17H,6-9H2,1-5H3,(H,16,19). The van der Waals surface area contributed by atoms with Crippen LogP contribution in [0.15, 0.2) is 0 Å². The number of nitrogens with zero attached hydrogens (tertiary/aromatic N) is 1. The number of nitrogens with one attached hydrogen (secondary N) is 2. The third kappa shape index (κ3) is 4.60. The maximum absolute atomic E-state index is 12.1. The number of aryl methyl sites for hydroxylation is 1. The Balaban J connectivity index is 2.73. The molecule has 1 aromatic rings. The van der Waals surface area contributed by atoms with Crippen LogP contribution < -0.4 is 5.32 Å². The molecule has 1 rings (SSSR count). The Morgan fingerprint density at radius 3 is 2.52 bits per heavy atom. The predicted octanol–water partition coefficient (Wildman–Crippen LogP) is 1.49. The normalized spacial score (nSPS) is 10.8. The Kier molecular flexibility index (Phi) is 6.42. The lowest BCUT2D eigenvalue weighted by Gasteiger charge is -2.09. The largest absolute Gasteiger partial charge is 0.462 e. The van der Waals surface area contributed by atoms with Crippen LogP contribution in [0, 0.1) is 13.8 Å². The Bertz CT molecular complexity index is 507. The molecule has 0 bridgehead atoms. The maximum Gasteiger partial charge on any atom is 0.340 e. The van der Waals surface area contributed by atoms with Crippen LogP contribution in [0.3, 0.4) is 0 Å². The Hall–Kier alpha value is -1.82. The predicted molar refractivity (Wildman–Crippen MR) is 81.7 cm³/mol. The number of H-pyrrole nitrogens is 1. The van der Waals surface area contributed by atoms with Crippen LogP contribution in [0.5, 0.6) is 0 Å². The first kappa shape index (κ1) is 17.2. The highest BCUT2D eigenvalue weighted by atomic mass is 16.5. The van der Waals surface area contributed by atoms with Gasteiger partial charge in [-0.2, -0.15) is 0 Å². The first-order valence-electron chi connectivity index (χ1n) is 7.17. The Labute approximate surface area is 125 Å². The van der Waals surface area contributed by atoms with E-state index in [-0.39, 0.29) is 5.91 Å². The summed E-state index contributed by atoms with van der Waals surface area (Å²) in [6.07, 6.45) is 0.877. The van der Waals surface area contributed by atoms with Gasteiger partial charge in [-0.25, -0.2) is 4.79 Å². The van der Waals surface area contributed by atoms with Gasteiger partial charge in [-0.3, -0.25) is 4.79 Å². The molecular weight excluding hydrogens is 270 g/mol. The molecule has 0 aliphatic rings. The molecule has 2 N–H and O–H groups in total. The van der Waals surface area contributed by atoms with E-state index in [4.69, 9.17) is 4.74 Å². The summed E-state index contributed by atoms with van der Waals surface area (Å²) in [5.74, 6) is -0.583. The molecule has 6 heteroatoms. The molecule has 0 atom stereocenters. The molecule has 0 saturated carbocycles. The Morgan fingerprint density at radius 1 is 1.29 bits per heavy atom. The lowest BCUT2D eigenvalue weighted by atomic mass is 10.1. The average Bonchev–Trinajstić information content (AvgIpc) is 2.70. The van der Waals surface area contributed by atoms with Gasteiger partial charge in [0.2, 0.25) is 0 Å². The molecule has 0 aliphatic carbocycles. The molecule has 0 radical (unpaired) electrons. The smallest absolute Gasteiger partial charge is 0.340 e. The third-order valence-corrected chi connectivity index (χ3v) is 3.21. The fraction of sp³-hybridized carbons (Fsp3) is 0.600. The highest BCUT2D eigenvalue weighted by molar-refractivity contribution is 6.00. The summed E-state index contributed by atoms with van der Waals surface area (Å²) in [4.78, 5) is 29.1. The minimum Gasteiger partial charge on any atom is -0.462 e. The van der Waals surface area contributed by atoms with Crippen molar-refractivity contribution in [3.8, 4) is 0 Å². The van der Waals surface area contributed by atoms with Crippen molar-refractivity contribution in [3.63, 3.8) is 0 Å². The van der Waals surface area contributed by atoms with Gasteiger partial charge < -0.3 is 19.9 Å². The van der Waals surface area contributed by atoms with Gasteiger partial charge in [-0.1, -0.05) is 0 Å². The van der Waals surface area contributed by atoms with Gasteiger partial charge in [0.15, 0.2) is 0 Å². The van der Waals surface area contributed by atoms with Crippen molar-refractivity contribution in [2.75, 3.05) is 33.8 Å². The van der Waals surface area contributed by atoms with Gasteiger partial charge >= 0.3 is 5.97 Å². The van der Waals surface area contributed by atoms with Crippen molar-refractivity contribution < 1.29 is 14.3 Å². The van der Waals surface area contributed by atoms with Gasteiger partial charge in [0.25, 0.3) is 5.91 Å². The van der Waals surface area contributed by atoms with E-state index in [0.717, 1.165) is 13.0 Å². The van der Waals surface area contributed by atoms with Gasteiger partial charge in [0.1, 0.15) is 5.69 Å². The number of esters is 1. The van der Waals surface area contributed by atoms with Gasteiger partial charge in [0.05, 0.1) is 12.2 Å². The molecule has 6 nitrogen and oxygen atoms in total. The summed E-state index contributed by atoms with van der Waals surface area (Å²) in [5, 5.41) is 2.86. The number of aromatic nitrogens is 1. The SMILES string of the molecule is CCOC(=O)c1c(C)[nH]c(C(=O)NCCCN(C)C)c1C. The average molecular weight is 295 g/mol. The summed E-state index contributed by atoms with van der Waals surface area (Å²) >= 11 is 0. The fourth-order valence-corrected chi connectivity index (χ4v) is 2.17. The molecule has 0 saturated heterocycles. The first-order valence-corrected chi connectivity index (χ1v) is 7.17. The summed E-state index contributed by atoms with van der Waals surface area (Å²) in [6, 6.07) is 0. The lowest BCUT2D eigenvalue weighted by molar-refractivity contribution is 0.0525. The quantitative estimate of drug-likeness (QED) is 0.590. The first-order chi connectivity index (χ1) is 9.88. The van der Waals surface area contributed by atoms with E-state index in [9.17, 15) is 9.59 Å². The van der Waals surface area contributed by atoms with E-state index in [2.05, 4.69) is 15.2 Å².